The van der Waals surface area contributed by atoms with E-state index in [1.165, 1.54) is 0 Å². The van der Waals surface area contributed by atoms with Crippen molar-refractivity contribution in [2.24, 2.45) is 0 Å². The standard InChI is InChI=1S/C18H23N7O2/c1-11(2)21-18(26)27-13-4-3-12(9-13)14-10-16(24-23-14)22-17-15-5-6-20-25(15)8-7-19-17/h5-8,10-13H,3-4,9H2,1-2H3,(H,21,26)(H2,19,22,23,24). The molecule has 4 rings (SSSR count). The van der Waals surface area contributed by atoms with Crippen LogP contribution in [0.3, 0.4) is 0 Å². The smallest absolute Gasteiger partial charge is 0.407 e. The molecule has 0 saturated heterocycles. The van der Waals surface area contributed by atoms with Crippen LogP contribution in [-0.2, 0) is 4.74 Å². The number of nitrogens with one attached hydrogen (secondary N) is 3. The van der Waals surface area contributed by atoms with E-state index >= 15 is 0 Å². The Morgan fingerprint density at radius 3 is 3.11 bits per heavy atom. The van der Waals surface area contributed by atoms with Gasteiger partial charge in [-0.05, 0) is 39.2 Å². The number of alkyl carbamates (subject to hydrolysis) is 1. The normalized spacial score (nSPS) is 19.5. The highest BCUT2D eigenvalue weighted by Crippen LogP contribution is 2.36. The fourth-order valence-electron chi connectivity index (χ4n) is 3.44. The van der Waals surface area contributed by atoms with Crippen molar-refractivity contribution in [2.45, 2.75) is 51.2 Å². The van der Waals surface area contributed by atoms with Crippen LogP contribution >= 0.6 is 0 Å². The average Bonchev–Trinajstić information content (AvgIpc) is 3.33. The number of fused-ring (bicyclic) bond motifs is 1. The number of aromatic nitrogens is 5. The van der Waals surface area contributed by atoms with Crippen LogP contribution < -0.4 is 10.6 Å². The molecule has 0 spiro atoms. The van der Waals surface area contributed by atoms with Gasteiger partial charge in [0.05, 0.1) is 6.20 Å². The maximum absolute atomic E-state index is 11.8. The Morgan fingerprint density at radius 2 is 2.26 bits per heavy atom. The highest BCUT2D eigenvalue weighted by Gasteiger charge is 2.30. The average molecular weight is 369 g/mol. The first kappa shape index (κ1) is 17.3. The topological polar surface area (TPSA) is 109 Å². The lowest BCUT2D eigenvalue weighted by molar-refractivity contribution is 0.0981. The third-order valence-corrected chi connectivity index (χ3v) is 4.67. The second-order valence-corrected chi connectivity index (χ2v) is 7.11. The molecule has 0 aromatic carbocycles. The highest BCUT2D eigenvalue weighted by atomic mass is 16.6. The molecule has 3 aromatic heterocycles. The van der Waals surface area contributed by atoms with E-state index in [0.29, 0.717) is 17.6 Å². The van der Waals surface area contributed by atoms with Crippen LogP contribution in [0.4, 0.5) is 16.4 Å². The zero-order chi connectivity index (χ0) is 18.8. The quantitative estimate of drug-likeness (QED) is 0.638. The van der Waals surface area contributed by atoms with E-state index in [9.17, 15) is 4.79 Å². The third kappa shape index (κ3) is 3.86. The van der Waals surface area contributed by atoms with Crippen LogP contribution in [0.25, 0.3) is 5.52 Å². The van der Waals surface area contributed by atoms with E-state index in [-0.39, 0.29) is 18.2 Å². The molecule has 1 aliphatic carbocycles. The van der Waals surface area contributed by atoms with Crippen molar-refractivity contribution in [3.05, 3.63) is 36.4 Å². The van der Waals surface area contributed by atoms with Crippen LogP contribution in [0.2, 0.25) is 0 Å². The van der Waals surface area contributed by atoms with Crippen molar-refractivity contribution < 1.29 is 9.53 Å². The molecule has 1 amide bonds. The number of nitrogens with zero attached hydrogens (tertiary/aromatic N) is 4. The molecular weight excluding hydrogens is 346 g/mol. The molecule has 3 N–H and O–H groups in total. The molecule has 2 unspecified atom stereocenters. The molecule has 3 aromatic rings. The molecule has 1 fully saturated rings. The SMILES string of the molecule is CC(C)NC(=O)OC1CCC(c2cc(Nc3nccn4nccc34)n[nH]2)C1. The number of hydrogen-bond donors (Lipinski definition) is 3. The molecular formula is C18H23N7O2. The van der Waals surface area contributed by atoms with E-state index < -0.39 is 0 Å². The molecule has 0 aliphatic heterocycles. The Labute approximate surface area is 156 Å². The lowest BCUT2D eigenvalue weighted by Gasteiger charge is -2.14. The zero-order valence-electron chi connectivity index (χ0n) is 15.3. The van der Waals surface area contributed by atoms with Crippen LogP contribution in [0.1, 0.15) is 44.7 Å². The van der Waals surface area contributed by atoms with Crippen molar-refractivity contribution in [2.75, 3.05) is 5.32 Å². The second kappa shape index (κ2) is 7.26. The van der Waals surface area contributed by atoms with E-state index in [0.717, 1.165) is 30.5 Å². The summed E-state index contributed by atoms with van der Waals surface area (Å²) in [6.45, 7) is 3.83. The van der Waals surface area contributed by atoms with Crippen molar-refractivity contribution in [3.8, 4) is 0 Å². The summed E-state index contributed by atoms with van der Waals surface area (Å²) in [5.74, 6) is 1.70. The molecule has 9 heteroatoms. The summed E-state index contributed by atoms with van der Waals surface area (Å²) < 4.78 is 7.25. The Balaban J connectivity index is 1.38. The van der Waals surface area contributed by atoms with Gasteiger partial charge in [0.25, 0.3) is 0 Å². The van der Waals surface area contributed by atoms with Gasteiger partial charge in [-0.2, -0.15) is 10.2 Å². The molecule has 0 radical (unpaired) electrons. The predicted octanol–water partition coefficient (Wildman–Crippen LogP) is 2.97. The number of anilines is 2. The summed E-state index contributed by atoms with van der Waals surface area (Å²) in [4.78, 5) is 16.1. The summed E-state index contributed by atoms with van der Waals surface area (Å²) in [7, 11) is 0. The lowest BCUT2D eigenvalue weighted by Crippen LogP contribution is -2.33. The summed E-state index contributed by atoms with van der Waals surface area (Å²) in [6.07, 6.45) is 7.42. The van der Waals surface area contributed by atoms with Gasteiger partial charge >= 0.3 is 6.09 Å². The lowest BCUT2D eigenvalue weighted by atomic mass is 10.0. The molecule has 9 nitrogen and oxygen atoms in total. The van der Waals surface area contributed by atoms with Gasteiger partial charge in [0.1, 0.15) is 11.6 Å². The van der Waals surface area contributed by atoms with Gasteiger partial charge in [0.2, 0.25) is 0 Å². The van der Waals surface area contributed by atoms with Crippen LogP contribution in [0.15, 0.2) is 30.7 Å². The van der Waals surface area contributed by atoms with E-state index in [2.05, 4.69) is 30.9 Å². The van der Waals surface area contributed by atoms with E-state index in [1.807, 2.05) is 26.0 Å². The maximum Gasteiger partial charge on any atom is 0.407 e. The van der Waals surface area contributed by atoms with Gasteiger partial charge in [-0.3, -0.25) is 5.10 Å². The van der Waals surface area contributed by atoms with Crippen LogP contribution in [-0.4, -0.2) is 43.0 Å². The molecule has 27 heavy (non-hydrogen) atoms. The number of aromatic amines is 1. The molecule has 142 valence electrons. The fourth-order valence-corrected chi connectivity index (χ4v) is 3.44. The Hall–Kier alpha value is -3.10. The minimum absolute atomic E-state index is 0.0596. The van der Waals surface area contributed by atoms with Crippen LogP contribution in [0.5, 0.6) is 0 Å². The number of amides is 1. The molecule has 3 heterocycles. The summed E-state index contributed by atoms with van der Waals surface area (Å²) in [5.41, 5.74) is 1.92. The monoisotopic (exact) mass is 369 g/mol. The zero-order valence-corrected chi connectivity index (χ0v) is 15.3. The number of carbonyl (C=O) groups excluding carboxylic acids is 1. The minimum atomic E-state index is -0.345. The molecule has 0 bridgehead atoms. The van der Waals surface area contributed by atoms with Crippen molar-refractivity contribution in [3.63, 3.8) is 0 Å². The van der Waals surface area contributed by atoms with Crippen molar-refractivity contribution in [1.82, 2.24) is 30.1 Å². The van der Waals surface area contributed by atoms with Crippen molar-refractivity contribution in [1.29, 1.82) is 0 Å². The molecule has 1 saturated carbocycles. The number of H-pyrrole nitrogens is 1. The van der Waals surface area contributed by atoms with Crippen molar-refractivity contribution >= 4 is 23.2 Å². The Bertz CT molecular complexity index is 933. The van der Waals surface area contributed by atoms with Gasteiger partial charge in [-0.25, -0.2) is 14.3 Å². The maximum atomic E-state index is 11.8. The number of ether oxygens (including phenoxy) is 1. The van der Waals surface area contributed by atoms with Gasteiger partial charge in [0, 0.05) is 36.1 Å². The van der Waals surface area contributed by atoms with E-state index in [1.54, 1.807) is 23.1 Å². The van der Waals surface area contributed by atoms with Gasteiger partial charge in [-0.15, -0.1) is 0 Å². The highest BCUT2D eigenvalue weighted by molar-refractivity contribution is 5.71. The largest absolute Gasteiger partial charge is 0.446 e. The number of carbonyl (C=O) groups is 1. The first-order valence-corrected chi connectivity index (χ1v) is 9.16. The summed E-state index contributed by atoms with van der Waals surface area (Å²) in [6, 6.07) is 3.96. The Kier molecular flexibility index (Phi) is 4.66. The second-order valence-electron chi connectivity index (χ2n) is 7.11. The molecule has 2 atom stereocenters. The third-order valence-electron chi connectivity index (χ3n) is 4.67. The number of hydrogen-bond acceptors (Lipinski definition) is 6. The summed E-state index contributed by atoms with van der Waals surface area (Å²) >= 11 is 0. The minimum Gasteiger partial charge on any atom is -0.446 e. The summed E-state index contributed by atoms with van der Waals surface area (Å²) in [5, 5.41) is 17.6. The fraction of sp³-hybridized carbons (Fsp3) is 0.444. The Morgan fingerprint density at radius 1 is 1.37 bits per heavy atom. The first-order chi connectivity index (χ1) is 13.1. The van der Waals surface area contributed by atoms with Gasteiger partial charge < -0.3 is 15.4 Å². The van der Waals surface area contributed by atoms with Crippen LogP contribution in [0, 0.1) is 0 Å². The number of rotatable bonds is 5. The molecule has 1 aliphatic rings. The predicted molar refractivity (Wildman–Crippen MR) is 100.0 cm³/mol. The van der Waals surface area contributed by atoms with Gasteiger partial charge in [-0.1, -0.05) is 0 Å². The van der Waals surface area contributed by atoms with Gasteiger partial charge in [0.15, 0.2) is 11.6 Å². The van der Waals surface area contributed by atoms with E-state index in [4.69, 9.17) is 4.74 Å². The first-order valence-electron chi connectivity index (χ1n) is 9.16.